The molecule has 0 aliphatic carbocycles. The van der Waals surface area contributed by atoms with Crippen molar-refractivity contribution in [3.63, 3.8) is 0 Å². The molecule has 0 unspecified atom stereocenters. The van der Waals surface area contributed by atoms with E-state index in [-0.39, 0.29) is 17.1 Å². The normalized spacial score (nSPS) is 25.1. The Balaban J connectivity index is 1.46. The van der Waals surface area contributed by atoms with Crippen LogP contribution in [0.3, 0.4) is 0 Å². The Bertz CT molecular complexity index is 1810. The van der Waals surface area contributed by atoms with Crippen molar-refractivity contribution in [2.45, 2.75) is 63.7 Å². The zero-order valence-electron chi connectivity index (χ0n) is 26.0. The van der Waals surface area contributed by atoms with Gasteiger partial charge in [0.15, 0.2) is 35.0 Å². The lowest BCUT2D eigenvalue weighted by Gasteiger charge is -2.30. The molecule has 17 heteroatoms. The summed E-state index contributed by atoms with van der Waals surface area (Å²) in [7, 11) is 3.42. The van der Waals surface area contributed by atoms with Gasteiger partial charge in [-0.05, 0) is 51.0 Å². The fraction of sp³-hybridized carbons (Fsp3) is 0.448. The Morgan fingerprint density at radius 2 is 1.91 bits per heavy atom. The van der Waals surface area contributed by atoms with Crippen LogP contribution in [-0.2, 0) is 30.6 Å². The standard InChI is InChI=1S/C29H36F2N7O6PS/c1-16(2)42-24(39)17(3)36-45(46,44-20-13-9-11-18-10-7-8-12-19(18)20)41-14-29(31)25(40)28(4,30)26(43-29)38-15-33-21-22(37(5)6)34-27(32)35-23(21)38/h7-13,15-17,25-26,40H,14H2,1-6H3,(H,36,46)(H2,32,34,35)/t17-,25+,26-,28-,29-,45+/m1/s1. The van der Waals surface area contributed by atoms with Crippen LogP contribution >= 0.6 is 6.64 Å². The van der Waals surface area contributed by atoms with Crippen LogP contribution in [0.5, 0.6) is 5.75 Å². The number of alkyl halides is 2. The first-order chi connectivity index (χ1) is 21.5. The number of nitrogens with two attached hydrogens (primary N) is 1. The molecule has 0 radical (unpaired) electrons. The zero-order valence-corrected chi connectivity index (χ0v) is 27.8. The monoisotopic (exact) mass is 679 g/mol. The maximum Gasteiger partial charge on any atom is 0.323 e. The largest absolute Gasteiger partial charge is 0.462 e. The highest BCUT2D eigenvalue weighted by Crippen LogP contribution is 2.53. The van der Waals surface area contributed by atoms with Gasteiger partial charge in [-0.25, -0.2) is 18.9 Å². The Morgan fingerprint density at radius 1 is 1.22 bits per heavy atom. The third-order valence-electron chi connectivity index (χ3n) is 7.29. The third kappa shape index (κ3) is 6.50. The van der Waals surface area contributed by atoms with Crippen molar-refractivity contribution in [1.29, 1.82) is 0 Å². The van der Waals surface area contributed by atoms with Gasteiger partial charge in [0.25, 0.3) is 5.85 Å². The Hall–Kier alpha value is -3.53. The molecule has 248 valence electrons. The van der Waals surface area contributed by atoms with E-state index in [4.69, 9.17) is 36.1 Å². The molecule has 4 aromatic rings. The number of nitrogen functional groups attached to an aromatic ring is 1. The molecule has 2 aromatic heterocycles. The summed E-state index contributed by atoms with van der Waals surface area (Å²) in [5.41, 5.74) is 3.49. The fourth-order valence-electron chi connectivity index (χ4n) is 5.06. The van der Waals surface area contributed by atoms with Crippen molar-refractivity contribution in [2.24, 2.45) is 0 Å². The number of fused-ring (bicyclic) bond motifs is 2. The second kappa shape index (κ2) is 12.6. The van der Waals surface area contributed by atoms with Gasteiger partial charge in [-0.2, -0.15) is 9.97 Å². The Kier molecular flexibility index (Phi) is 9.25. The predicted molar refractivity (Wildman–Crippen MR) is 172 cm³/mol. The van der Waals surface area contributed by atoms with Gasteiger partial charge in [0.2, 0.25) is 5.95 Å². The lowest BCUT2D eigenvalue weighted by Crippen LogP contribution is -2.47. The number of rotatable bonds is 11. The number of hydrogen-bond acceptors (Lipinski definition) is 12. The topological polar surface area (TPSA) is 159 Å². The second-order valence-corrected chi connectivity index (χ2v) is 14.7. The molecule has 0 amide bonds. The number of nitrogens with zero attached hydrogens (tertiary/aromatic N) is 5. The van der Waals surface area contributed by atoms with Crippen molar-refractivity contribution in [3.8, 4) is 5.75 Å². The number of carbonyl (C=O) groups is 1. The van der Waals surface area contributed by atoms with Gasteiger partial charge in [0, 0.05) is 19.5 Å². The second-order valence-electron chi connectivity index (χ2n) is 11.6. The van der Waals surface area contributed by atoms with Crippen molar-refractivity contribution < 1.29 is 37.2 Å². The number of nitrogens with one attached hydrogen (secondary N) is 1. The summed E-state index contributed by atoms with van der Waals surface area (Å²) in [5, 5.41) is 15.3. The molecule has 0 saturated carbocycles. The number of anilines is 2. The molecule has 1 aliphatic rings. The number of imidazole rings is 1. The average Bonchev–Trinajstić information content (AvgIpc) is 3.47. The number of aromatic nitrogens is 4. The van der Waals surface area contributed by atoms with Crippen molar-refractivity contribution in [1.82, 2.24) is 24.6 Å². The lowest BCUT2D eigenvalue weighted by atomic mass is 9.97. The minimum absolute atomic E-state index is 0.0611. The van der Waals surface area contributed by atoms with Crippen LogP contribution in [-0.4, -0.2) is 81.1 Å². The van der Waals surface area contributed by atoms with E-state index >= 15 is 8.78 Å². The zero-order chi connectivity index (χ0) is 33.6. The minimum atomic E-state index is -3.84. The molecule has 13 nitrogen and oxygen atoms in total. The number of hydrogen-bond donors (Lipinski definition) is 3. The Labute approximate surface area is 269 Å². The molecular formula is C29H36F2N7O6PS. The molecular weight excluding hydrogens is 643 g/mol. The smallest absolute Gasteiger partial charge is 0.323 e. The quantitative estimate of drug-likeness (QED) is 0.153. The molecule has 1 aliphatic heterocycles. The molecule has 0 bridgehead atoms. The summed E-state index contributed by atoms with van der Waals surface area (Å²) in [6.45, 7) is 0.933. The van der Waals surface area contributed by atoms with Crippen LogP contribution in [0.2, 0.25) is 0 Å². The van der Waals surface area contributed by atoms with E-state index in [1.165, 1.54) is 13.3 Å². The third-order valence-corrected chi connectivity index (χ3v) is 9.75. The van der Waals surface area contributed by atoms with Crippen LogP contribution in [0.25, 0.3) is 21.9 Å². The molecule has 46 heavy (non-hydrogen) atoms. The van der Waals surface area contributed by atoms with E-state index in [0.29, 0.717) is 17.0 Å². The van der Waals surface area contributed by atoms with E-state index in [9.17, 15) is 9.90 Å². The predicted octanol–water partition coefficient (Wildman–Crippen LogP) is 4.16. The summed E-state index contributed by atoms with van der Waals surface area (Å²) < 4.78 is 56.9. The summed E-state index contributed by atoms with van der Waals surface area (Å²) >= 11 is 5.76. The summed E-state index contributed by atoms with van der Waals surface area (Å²) in [6, 6.07) is 11.5. The first-order valence-corrected chi connectivity index (χ1v) is 17.0. The van der Waals surface area contributed by atoms with Crippen LogP contribution in [0.1, 0.15) is 33.9 Å². The van der Waals surface area contributed by atoms with E-state index < -0.39 is 55.2 Å². The first kappa shape index (κ1) is 33.8. The number of benzene rings is 2. The lowest BCUT2D eigenvalue weighted by molar-refractivity contribution is -0.202. The van der Waals surface area contributed by atoms with E-state index in [0.717, 1.165) is 16.9 Å². The number of carbonyl (C=O) groups excluding carboxylic acids is 1. The number of esters is 1. The van der Waals surface area contributed by atoms with Crippen LogP contribution < -0.4 is 20.2 Å². The summed E-state index contributed by atoms with van der Waals surface area (Å²) in [5.74, 6) is -3.27. The number of ether oxygens (including phenoxy) is 2. The van der Waals surface area contributed by atoms with Crippen LogP contribution in [0.15, 0.2) is 48.8 Å². The molecule has 4 N–H and O–H groups in total. The number of halogens is 2. The molecule has 3 heterocycles. The SMILES string of the molecule is CC(C)OC(=O)[C@@H](C)N[P@](=S)(OC[C@@]1(F)O[C@@H](n2cnc3c(N(C)C)nc(N)nc32)[C@](C)(F)[C@@H]1O)Oc1cccc2ccccc12. The van der Waals surface area contributed by atoms with Crippen molar-refractivity contribution in [3.05, 3.63) is 48.8 Å². The molecule has 6 atom stereocenters. The summed E-state index contributed by atoms with van der Waals surface area (Å²) in [6.07, 6.45) is -3.33. The highest BCUT2D eigenvalue weighted by atomic mass is 32.5. The highest BCUT2D eigenvalue weighted by molar-refractivity contribution is 8.09. The van der Waals surface area contributed by atoms with Gasteiger partial charge < -0.3 is 34.3 Å². The van der Waals surface area contributed by atoms with Gasteiger partial charge in [-0.3, -0.25) is 9.36 Å². The van der Waals surface area contributed by atoms with E-state index in [2.05, 4.69) is 20.0 Å². The fourth-order valence-corrected chi connectivity index (χ4v) is 7.45. The minimum Gasteiger partial charge on any atom is -0.462 e. The number of aliphatic hydroxyl groups is 1. The molecule has 1 fully saturated rings. The maximum atomic E-state index is 16.6. The van der Waals surface area contributed by atoms with E-state index in [1.807, 2.05) is 18.2 Å². The van der Waals surface area contributed by atoms with Gasteiger partial charge in [-0.15, -0.1) is 0 Å². The molecule has 0 spiro atoms. The number of aliphatic hydroxyl groups excluding tert-OH is 1. The van der Waals surface area contributed by atoms with Gasteiger partial charge in [-0.1, -0.05) is 36.4 Å². The van der Waals surface area contributed by atoms with E-state index in [1.54, 1.807) is 57.1 Å². The van der Waals surface area contributed by atoms with Gasteiger partial charge in [0.05, 0.1) is 12.4 Å². The maximum absolute atomic E-state index is 16.6. The van der Waals surface area contributed by atoms with Gasteiger partial charge >= 0.3 is 12.6 Å². The first-order valence-electron chi connectivity index (χ1n) is 14.4. The van der Waals surface area contributed by atoms with Gasteiger partial charge in [0.1, 0.15) is 18.4 Å². The van der Waals surface area contributed by atoms with Crippen LogP contribution in [0.4, 0.5) is 20.5 Å². The average molecular weight is 680 g/mol. The molecule has 1 saturated heterocycles. The van der Waals surface area contributed by atoms with Crippen molar-refractivity contribution >= 4 is 58.1 Å². The highest BCUT2D eigenvalue weighted by Gasteiger charge is 2.65. The molecule has 2 aromatic carbocycles. The summed E-state index contributed by atoms with van der Waals surface area (Å²) in [4.78, 5) is 26.9. The van der Waals surface area contributed by atoms with Crippen LogP contribution in [0, 0.1) is 0 Å². The Morgan fingerprint density at radius 3 is 2.61 bits per heavy atom. The van der Waals surface area contributed by atoms with Crippen molar-refractivity contribution in [2.75, 3.05) is 31.3 Å². The molecule has 5 rings (SSSR count).